The maximum atomic E-state index is 13.0. The van der Waals surface area contributed by atoms with Gasteiger partial charge in [-0.1, -0.05) is 41.4 Å². The summed E-state index contributed by atoms with van der Waals surface area (Å²) in [6.45, 7) is 0.0247. The molecule has 0 fully saturated rings. The Morgan fingerprint density at radius 1 is 1.12 bits per heavy atom. The van der Waals surface area contributed by atoms with Crippen molar-refractivity contribution in [3.63, 3.8) is 0 Å². The molecule has 0 atom stereocenters. The minimum Gasteiger partial charge on any atom is -0.324 e. The molecule has 160 valence electrons. The lowest BCUT2D eigenvalue weighted by molar-refractivity contribution is -0.116. The topological polar surface area (TPSA) is 76.0 Å². The van der Waals surface area contributed by atoms with Gasteiger partial charge in [-0.15, -0.1) is 11.8 Å². The predicted molar refractivity (Wildman–Crippen MR) is 130 cm³/mol. The zero-order valence-corrected chi connectivity index (χ0v) is 18.9. The van der Waals surface area contributed by atoms with Crippen LogP contribution in [0.3, 0.4) is 0 Å². The molecule has 4 aromatic rings. The minimum atomic E-state index is -0.234. The van der Waals surface area contributed by atoms with Gasteiger partial charge >= 0.3 is 0 Å². The number of benzene rings is 3. The molecule has 6 nitrogen and oxygen atoms in total. The Bertz CT molecular complexity index is 1390. The molecule has 0 aliphatic carbocycles. The Balaban J connectivity index is 1.47. The minimum absolute atomic E-state index is 0.0247. The second-order valence-corrected chi connectivity index (χ2v) is 9.01. The Hall–Kier alpha value is -3.00. The third-order valence-corrected chi connectivity index (χ3v) is 6.94. The molecule has 1 aliphatic rings. The molecule has 2 N–H and O–H groups in total. The highest BCUT2D eigenvalue weighted by molar-refractivity contribution is 8.00. The van der Waals surface area contributed by atoms with Gasteiger partial charge in [0.15, 0.2) is 0 Å². The van der Waals surface area contributed by atoms with E-state index >= 15 is 0 Å². The molecule has 0 saturated heterocycles. The summed E-state index contributed by atoms with van der Waals surface area (Å²) in [5, 5.41) is 6.54. The fourth-order valence-electron chi connectivity index (χ4n) is 3.62. The third kappa shape index (κ3) is 3.95. The summed E-state index contributed by atoms with van der Waals surface area (Å²) in [6, 6.07) is 18.4. The van der Waals surface area contributed by atoms with Crippen LogP contribution in [0.15, 0.2) is 65.6 Å². The number of nitrogens with one attached hydrogen (secondary N) is 2. The van der Waals surface area contributed by atoms with Gasteiger partial charge in [-0.2, -0.15) is 0 Å². The normalized spacial score (nSPS) is 13.0. The van der Waals surface area contributed by atoms with E-state index in [1.165, 1.54) is 11.8 Å². The highest BCUT2D eigenvalue weighted by Gasteiger charge is 2.19. The summed E-state index contributed by atoms with van der Waals surface area (Å²) < 4.78 is 1.82. The Kier molecular flexibility index (Phi) is 5.55. The molecule has 3 aromatic carbocycles. The molecule has 32 heavy (non-hydrogen) atoms. The Morgan fingerprint density at radius 3 is 2.84 bits per heavy atom. The lowest BCUT2D eigenvalue weighted by atomic mass is 10.2. The molecule has 0 radical (unpaired) electrons. The average molecular weight is 483 g/mol. The molecule has 2 heterocycles. The monoisotopic (exact) mass is 482 g/mol. The maximum absolute atomic E-state index is 13.0. The van der Waals surface area contributed by atoms with E-state index in [9.17, 15) is 9.59 Å². The van der Waals surface area contributed by atoms with Crippen LogP contribution in [-0.4, -0.2) is 27.1 Å². The summed E-state index contributed by atoms with van der Waals surface area (Å²) in [7, 11) is 0. The molecule has 0 saturated carbocycles. The average Bonchev–Trinajstić information content (AvgIpc) is 3.13. The second kappa shape index (κ2) is 8.50. The lowest BCUT2D eigenvalue weighted by Crippen LogP contribution is -2.21. The van der Waals surface area contributed by atoms with Crippen LogP contribution in [0, 0.1) is 0 Å². The zero-order chi connectivity index (χ0) is 22.2. The van der Waals surface area contributed by atoms with Crippen LogP contribution in [0.5, 0.6) is 0 Å². The number of imidazole rings is 1. The fraction of sp³-hybridized carbons (Fsp3) is 0.0870. The molecule has 2 amide bonds. The molecule has 1 aromatic heterocycles. The number of thioether (sulfide) groups is 1. The summed E-state index contributed by atoms with van der Waals surface area (Å²) in [5.74, 6) is 0.658. The number of anilines is 2. The Morgan fingerprint density at radius 2 is 1.97 bits per heavy atom. The highest BCUT2D eigenvalue weighted by atomic mass is 35.5. The van der Waals surface area contributed by atoms with E-state index in [1.807, 2.05) is 47.0 Å². The van der Waals surface area contributed by atoms with Gasteiger partial charge in [0.1, 0.15) is 12.4 Å². The number of aromatic nitrogens is 2. The lowest BCUT2D eigenvalue weighted by Gasteiger charge is -2.17. The van der Waals surface area contributed by atoms with Gasteiger partial charge in [0.2, 0.25) is 11.8 Å². The molecular formula is C23H16Cl2N4O2S. The van der Waals surface area contributed by atoms with Crippen LogP contribution in [0.2, 0.25) is 10.0 Å². The molecule has 0 unspecified atom stereocenters. The quantitative estimate of drug-likeness (QED) is 0.391. The van der Waals surface area contributed by atoms with Crippen molar-refractivity contribution in [2.24, 2.45) is 0 Å². The van der Waals surface area contributed by atoms with Crippen molar-refractivity contribution in [3.05, 3.63) is 70.7 Å². The van der Waals surface area contributed by atoms with Crippen molar-refractivity contribution in [2.75, 3.05) is 16.4 Å². The number of nitrogens with zero attached hydrogens (tertiary/aromatic N) is 2. The smallest absolute Gasteiger partial charge is 0.244 e. The van der Waals surface area contributed by atoms with E-state index in [0.717, 1.165) is 15.9 Å². The first-order chi connectivity index (χ1) is 15.5. The zero-order valence-electron chi connectivity index (χ0n) is 16.6. The van der Waals surface area contributed by atoms with Crippen LogP contribution in [-0.2, 0) is 16.1 Å². The standard InChI is InChI=1S/C23H16Cl2N4O2S/c24-15-5-3-4-14(22(15)25)23-28-16-6-1-2-7-18(16)29(23)11-20(30)26-13-8-9-19-17(10-13)27-21(31)12-32-19/h1-10H,11-12H2,(H,26,30)(H,27,31). The molecule has 9 heteroatoms. The largest absolute Gasteiger partial charge is 0.324 e. The van der Waals surface area contributed by atoms with E-state index in [-0.39, 0.29) is 18.4 Å². The molecule has 5 rings (SSSR count). The van der Waals surface area contributed by atoms with Crippen molar-refractivity contribution in [3.8, 4) is 11.4 Å². The van der Waals surface area contributed by atoms with Crippen molar-refractivity contribution in [1.29, 1.82) is 0 Å². The number of halogens is 2. The van der Waals surface area contributed by atoms with Crippen molar-refractivity contribution >= 4 is 69.2 Å². The Labute approximate surface area is 197 Å². The van der Waals surface area contributed by atoms with Gasteiger partial charge in [0.05, 0.1) is 32.5 Å². The number of rotatable bonds is 4. The SMILES string of the molecule is O=C(Cn1c(-c2cccc(Cl)c2Cl)nc2ccccc21)Nc1ccc2c(c1)NC(=O)CS2. The van der Waals surface area contributed by atoms with E-state index in [4.69, 9.17) is 28.2 Å². The number of hydrogen-bond acceptors (Lipinski definition) is 4. The summed E-state index contributed by atoms with van der Waals surface area (Å²) in [6.07, 6.45) is 0. The number of hydrogen-bond donors (Lipinski definition) is 2. The van der Waals surface area contributed by atoms with Crippen LogP contribution in [0.4, 0.5) is 11.4 Å². The predicted octanol–water partition coefficient (Wildman–Crippen LogP) is 5.69. The van der Waals surface area contributed by atoms with Crippen molar-refractivity contribution in [1.82, 2.24) is 9.55 Å². The number of amides is 2. The van der Waals surface area contributed by atoms with Gasteiger partial charge in [0, 0.05) is 16.1 Å². The summed E-state index contributed by atoms with van der Waals surface area (Å²) >= 11 is 14.1. The highest BCUT2D eigenvalue weighted by Crippen LogP contribution is 2.35. The van der Waals surface area contributed by atoms with Gasteiger partial charge in [0.25, 0.3) is 0 Å². The molecule has 0 bridgehead atoms. The van der Waals surface area contributed by atoms with Crippen LogP contribution in [0.1, 0.15) is 0 Å². The maximum Gasteiger partial charge on any atom is 0.244 e. The van der Waals surface area contributed by atoms with E-state index in [0.29, 0.717) is 38.6 Å². The van der Waals surface area contributed by atoms with Crippen molar-refractivity contribution < 1.29 is 9.59 Å². The molecule has 1 aliphatic heterocycles. The van der Waals surface area contributed by atoms with Crippen LogP contribution >= 0.6 is 35.0 Å². The van der Waals surface area contributed by atoms with Gasteiger partial charge in [-0.25, -0.2) is 4.98 Å². The van der Waals surface area contributed by atoms with Gasteiger partial charge < -0.3 is 15.2 Å². The number of carbonyl (C=O) groups excluding carboxylic acids is 2. The van der Waals surface area contributed by atoms with Gasteiger partial charge in [-0.3, -0.25) is 9.59 Å². The fourth-order valence-corrected chi connectivity index (χ4v) is 4.80. The third-order valence-electron chi connectivity index (χ3n) is 5.04. The number of fused-ring (bicyclic) bond motifs is 2. The van der Waals surface area contributed by atoms with Crippen LogP contribution in [0.25, 0.3) is 22.4 Å². The molecular weight excluding hydrogens is 467 g/mol. The summed E-state index contributed by atoms with van der Waals surface area (Å²) in [4.78, 5) is 30.3. The van der Waals surface area contributed by atoms with E-state index in [1.54, 1.807) is 18.2 Å². The first-order valence-corrected chi connectivity index (χ1v) is 11.5. The van der Waals surface area contributed by atoms with E-state index < -0.39 is 0 Å². The van der Waals surface area contributed by atoms with Crippen LogP contribution < -0.4 is 10.6 Å². The number of para-hydroxylation sites is 2. The van der Waals surface area contributed by atoms with E-state index in [2.05, 4.69) is 10.6 Å². The summed E-state index contributed by atoms with van der Waals surface area (Å²) in [5.41, 5.74) is 3.51. The number of carbonyl (C=O) groups is 2. The first kappa shape index (κ1) is 20.9. The first-order valence-electron chi connectivity index (χ1n) is 9.76. The molecule has 0 spiro atoms. The second-order valence-electron chi connectivity index (χ2n) is 7.21. The van der Waals surface area contributed by atoms with Crippen molar-refractivity contribution in [2.45, 2.75) is 11.4 Å². The van der Waals surface area contributed by atoms with Gasteiger partial charge in [-0.05, 0) is 42.5 Å².